The molecule has 0 bridgehead atoms. The smallest absolute Gasteiger partial charge is 0.254 e. The predicted molar refractivity (Wildman–Crippen MR) is 72.1 cm³/mol. The first-order valence-corrected chi connectivity index (χ1v) is 6.35. The van der Waals surface area contributed by atoms with Gasteiger partial charge in [0.05, 0.1) is 12.7 Å². The first-order valence-electron chi connectivity index (χ1n) is 6.35. The maximum atomic E-state index is 12.3. The highest BCUT2D eigenvalue weighted by Crippen LogP contribution is 2.15. The summed E-state index contributed by atoms with van der Waals surface area (Å²) in [5.41, 5.74) is 1.22. The highest BCUT2D eigenvalue weighted by atomic mass is 16.5. The number of hydrogen-bond donors (Lipinski definition) is 1. The Morgan fingerprint density at radius 1 is 1.42 bits per heavy atom. The van der Waals surface area contributed by atoms with Crippen LogP contribution in [-0.4, -0.2) is 42.5 Å². The van der Waals surface area contributed by atoms with Crippen LogP contribution in [0.25, 0.3) is 0 Å². The van der Waals surface area contributed by atoms with E-state index in [1.165, 1.54) is 6.92 Å². The molecule has 0 aliphatic carbocycles. The molecule has 1 N–H and O–H groups in total. The van der Waals surface area contributed by atoms with E-state index in [0.717, 1.165) is 0 Å². The van der Waals surface area contributed by atoms with E-state index in [2.05, 4.69) is 5.32 Å². The van der Waals surface area contributed by atoms with E-state index in [0.29, 0.717) is 30.9 Å². The monoisotopic (exact) mass is 262 g/mol. The average molecular weight is 262 g/mol. The van der Waals surface area contributed by atoms with Crippen LogP contribution in [-0.2, 0) is 9.53 Å². The summed E-state index contributed by atoms with van der Waals surface area (Å²) in [6, 6.07) is 6.99. The van der Waals surface area contributed by atoms with Gasteiger partial charge in [-0.1, -0.05) is 6.07 Å². The lowest BCUT2D eigenvalue weighted by Gasteiger charge is -2.31. The molecule has 0 saturated carbocycles. The summed E-state index contributed by atoms with van der Waals surface area (Å²) in [5.74, 6) is -0.174. The molecule has 5 nitrogen and oxygen atoms in total. The lowest BCUT2D eigenvalue weighted by Crippen LogP contribution is -2.44. The fraction of sp³-hybridized carbons (Fsp3) is 0.429. The zero-order valence-corrected chi connectivity index (χ0v) is 11.2. The van der Waals surface area contributed by atoms with E-state index in [1.807, 2.05) is 6.92 Å². The molecule has 1 aliphatic heterocycles. The lowest BCUT2D eigenvalue weighted by atomic mass is 10.1. The van der Waals surface area contributed by atoms with E-state index >= 15 is 0 Å². The van der Waals surface area contributed by atoms with Crippen LogP contribution in [0.5, 0.6) is 0 Å². The molecule has 102 valence electrons. The molecule has 0 aromatic heterocycles. The molecule has 1 heterocycles. The third kappa shape index (κ3) is 3.54. The van der Waals surface area contributed by atoms with Crippen molar-refractivity contribution >= 4 is 17.5 Å². The molecule has 0 spiro atoms. The minimum atomic E-state index is -0.149. The standard InChI is InChI=1S/C14H18N2O3/c1-10-9-16(6-7-19-10)14(18)12-4-3-5-13(8-12)15-11(2)17/h3-5,8,10H,6-7,9H2,1-2H3,(H,15,17). The van der Waals surface area contributed by atoms with E-state index in [9.17, 15) is 9.59 Å². The maximum Gasteiger partial charge on any atom is 0.254 e. The number of anilines is 1. The zero-order chi connectivity index (χ0) is 13.8. The minimum absolute atomic E-state index is 0.0256. The van der Waals surface area contributed by atoms with Crippen molar-refractivity contribution in [3.8, 4) is 0 Å². The van der Waals surface area contributed by atoms with Gasteiger partial charge >= 0.3 is 0 Å². The van der Waals surface area contributed by atoms with Gasteiger partial charge in [0.2, 0.25) is 5.91 Å². The van der Waals surface area contributed by atoms with Crippen molar-refractivity contribution in [2.24, 2.45) is 0 Å². The number of morpholine rings is 1. The second-order valence-electron chi connectivity index (χ2n) is 4.69. The van der Waals surface area contributed by atoms with E-state index in [4.69, 9.17) is 4.74 Å². The quantitative estimate of drug-likeness (QED) is 0.878. The van der Waals surface area contributed by atoms with E-state index < -0.39 is 0 Å². The first-order chi connectivity index (χ1) is 9.06. The van der Waals surface area contributed by atoms with Gasteiger partial charge < -0.3 is 15.0 Å². The molecular weight excluding hydrogens is 244 g/mol. The fourth-order valence-electron chi connectivity index (χ4n) is 2.12. The molecule has 2 rings (SSSR count). The van der Waals surface area contributed by atoms with Gasteiger partial charge in [-0.2, -0.15) is 0 Å². The fourth-order valence-corrected chi connectivity index (χ4v) is 2.12. The molecule has 1 aromatic rings. The Morgan fingerprint density at radius 2 is 2.21 bits per heavy atom. The summed E-state index contributed by atoms with van der Waals surface area (Å²) in [5, 5.41) is 2.68. The van der Waals surface area contributed by atoms with Gasteiger partial charge in [0.25, 0.3) is 5.91 Å². The second kappa shape index (κ2) is 5.84. The minimum Gasteiger partial charge on any atom is -0.375 e. The van der Waals surface area contributed by atoms with Crippen LogP contribution in [0, 0.1) is 0 Å². The summed E-state index contributed by atoms with van der Waals surface area (Å²) in [6.07, 6.45) is 0.0660. The van der Waals surface area contributed by atoms with Crippen molar-refractivity contribution in [3.63, 3.8) is 0 Å². The topological polar surface area (TPSA) is 58.6 Å². The number of carbonyl (C=O) groups excluding carboxylic acids is 2. The Kier molecular flexibility index (Phi) is 4.16. The van der Waals surface area contributed by atoms with Crippen LogP contribution >= 0.6 is 0 Å². The molecule has 19 heavy (non-hydrogen) atoms. The van der Waals surface area contributed by atoms with E-state index in [-0.39, 0.29) is 17.9 Å². The molecule has 1 atom stereocenters. The van der Waals surface area contributed by atoms with Crippen molar-refractivity contribution in [2.45, 2.75) is 20.0 Å². The Hall–Kier alpha value is -1.88. The van der Waals surface area contributed by atoms with Crippen molar-refractivity contribution in [2.75, 3.05) is 25.0 Å². The molecule has 1 aromatic carbocycles. The van der Waals surface area contributed by atoms with Gasteiger partial charge in [0, 0.05) is 31.3 Å². The number of rotatable bonds is 2. The number of nitrogens with one attached hydrogen (secondary N) is 1. The van der Waals surface area contributed by atoms with Crippen molar-refractivity contribution in [3.05, 3.63) is 29.8 Å². The Labute approximate surface area is 112 Å². The molecule has 1 aliphatic rings. The number of carbonyl (C=O) groups is 2. The maximum absolute atomic E-state index is 12.3. The Morgan fingerprint density at radius 3 is 2.89 bits per heavy atom. The number of ether oxygens (including phenoxy) is 1. The molecule has 1 fully saturated rings. The van der Waals surface area contributed by atoms with Gasteiger partial charge in [-0.25, -0.2) is 0 Å². The van der Waals surface area contributed by atoms with Crippen LogP contribution in [0.4, 0.5) is 5.69 Å². The SMILES string of the molecule is CC(=O)Nc1cccc(C(=O)N2CCOC(C)C2)c1. The number of hydrogen-bond acceptors (Lipinski definition) is 3. The van der Waals surface area contributed by atoms with Gasteiger partial charge in [0.1, 0.15) is 0 Å². The van der Waals surface area contributed by atoms with Gasteiger partial charge in [-0.15, -0.1) is 0 Å². The Bertz CT molecular complexity index is 487. The third-order valence-corrected chi connectivity index (χ3v) is 2.96. The average Bonchev–Trinajstić information content (AvgIpc) is 2.37. The summed E-state index contributed by atoms with van der Waals surface area (Å²) in [6.45, 7) is 5.17. The predicted octanol–water partition coefficient (Wildman–Crippen LogP) is 1.51. The summed E-state index contributed by atoms with van der Waals surface area (Å²) in [4.78, 5) is 25.1. The zero-order valence-electron chi connectivity index (χ0n) is 11.2. The van der Waals surface area contributed by atoms with Crippen LogP contribution in [0.15, 0.2) is 24.3 Å². The summed E-state index contributed by atoms with van der Waals surface area (Å²) in [7, 11) is 0. The van der Waals surface area contributed by atoms with Crippen LogP contribution in [0.2, 0.25) is 0 Å². The molecule has 5 heteroatoms. The van der Waals surface area contributed by atoms with Crippen LogP contribution in [0.1, 0.15) is 24.2 Å². The van der Waals surface area contributed by atoms with E-state index in [1.54, 1.807) is 29.2 Å². The van der Waals surface area contributed by atoms with Gasteiger partial charge in [0.15, 0.2) is 0 Å². The highest BCUT2D eigenvalue weighted by molar-refractivity contribution is 5.96. The molecule has 2 amide bonds. The largest absolute Gasteiger partial charge is 0.375 e. The molecule has 1 saturated heterocycles. The Balaban J connectivity index is 2.12. The number of amides is 2. The molecule has 0 radical (unpaired) electrons. The number of benzene rings is 1. The van der Waals surface area contributed by atoms with Crippen LogP contribution in [0.3, 0.4) is 0 Å². The normalized spacial score (nSPS) is 19.1. The second-order valence-corrected chi connectivity index (χ2v) is 4.69. The van der Waals surface area contributed by atoms with Crippen LogP contribution < -0.4 is 5.32 Å². The number of nitrogens with zero attached hydrogens (tertiary/aromatic N) is 1. The van der Waals surface area contributed by atoms with Crippen molar-refractivity contribution < 1.29 is 14.3 Å². The van der Waals surface area contributed by atoms with Crippen molar-refractivity contribution in [1.29, 1.82) is 0 Å². The first kappa shape index (κ1) is 13.5. The molecular formula is C14H18N2O3. The third-order valence-electron chi connectivity index (χ3n) is 2.96. The van der Waals surface area contributed by atoms with Crippen molar-refractivity contribution in [1.82, 2.24) is 4.90 Å². The van der Waals surface area contributed by atoms with Gasteiger partial charge in [-0.05, 0) is 25.1 Å². The summed E-state index contributed by atoms with van der Waals surface area (Å²) < 4.78 is 5.42. The molecule has 1 unspecified atom stereocenters. The lowest BCUT2D eigenvalue weighted by molar-refractivity contribution is -0.114. The van der Waals surface area contributed by atoms with Gasteiger partial charge in [-0.3, -0.25) is 9.59 Å². The summed E-state index contributed by atoms with van der Waals surface area (Å²) >= 11 is 0. The highest BCUT2D eigenvalue weighted by Gasteiger charge is 2.22.